The van der Waals surface area contributed by atoms with Gasteiger partial charge in [0.2, 0.25) is 0 Å². The van der Waals surface area contributed by atoms with Crippen LogP contribution in [0.5, 0.6) is 23.0 Å². The van der Waals surface area contributed by atoms with E-state index in [-0.39, 0.29) is 11.4 Å². The van der Waals surface area contributed by atoms with Crippen molar-refractivity contribution >= 4 is 28.4 Å². The highest BCUT2D eigenvalue weighted by Crippen LogP contribution is 2.38. The molecule has 0 unspecified atom stereocenters. The zero-order valence-electron chi connectivity index (χ0n) is 24.7. The highest BCUT2D eigenvalue weighted by Gasteiger charge is 2.18. The number of pyridine rings is 1. The number of amides is 2. The van der Waals surface area contributed by atoms with Crippen molar-refractivity contribution in [1.82, 2.24) is 10.3 Å². The van der Waals surface area contributed by atoms with Crippen molar-refractivity contribution < 1.29 is 28.2 Å². The molecule has 1 saturated heterocycles. The topological polar surface area (TPSA) is 125 Å². The Morgan fingerprint density at radius 3 is 2.34 bits per heavy atom. The summed E-state index contributed by atoms with van der Waals surface area (Å²) in [7, 11) is 1.55. The number of methoxy groups -OCH3 is 1. The van der Waals surface area contributed by atoms with Gasteiger partial charge in [0.1, 0.15) is 5.75 Å². The van der Waals surface area contributed by atoms with Crippen molar-refractivity contribution in [3.05, 3.63) is 83.8 Å². The lowest BCUT2D eigenvalue weighted by Gasteiger charge is -2.23. The van der Waals surface area contributed by atoms with E-state index in [0.29, 0.717) is 40.7 Å². The highest BCUT2D eigenvalue weighted by molar-refractivity contribution is 6.39. The van der Waals surface area contributed by atoms with Gasteiger partial charge < -0.3 is 30.6 Å². The van der Waals surface area contributed by atoms with Gasteiger partial charge in [0.05, 0.1) is 19.2 Å². The molecule has 0 saturated carbocycles. The molecule has 0 bridgehead atoms. The number of benzene rings is 3. The third-order valence-electron chi connectivity index (χ3n) is 7.81. The number of nitrogens with two attached hydrogens (primary N) is 1. The van der Waals surface area contributed by atoms with Gasteiger partial charge in [-0.2, -0.15) is 0 Å². The molecule has 3 aromatic carbocycles. The maximum atomic E-state index is 14.6. The molecular formula is C34H37FN4O5. The predicted molar refractivity (Wildman–Crippen MR) is 167 cm³/mol. The smallest absolute Gasteiger partial charge is 0.313 e. The summed E-state index contributed by atoms with van der Waals surface area (Å²) in [5.41, 5.74) is 8.73. The van der Waals surface area contributed by atoms with Gasteiger partial charge in [-0.3, -0.25) is 14.6 Å². The van der Waals surface area contributed by atoms with E-state index in [4.69, 9.17) is 19.9 Å². The van der Waals surface area contributed by atoms with Crippen LogP contribution in [0.3, 0.4) is 0 Å². The molecule has 4 N–H and O–H groups in total. The molecule has 4 aromatic rings. The standard InChI is InChI=1S/C24H25FN4O5.C10H12/c1-32-21-11-16-18(12-22(21)33-13-14-4-7-27-8-5-14)28-9-6-19(16)34-20-3-2-15(10-17(20)25)29-24(31)23(26)30;1-2-6-10-8-4-3-7-9(10)5-1/h2-3,6,9-12,14,27H,4-5,7-8,13H2,1H3,(H2,26,30)(H,29,31);1-2,5-6H,3-4,7-8H2. The summed E-state index contributed by atoms with van der Waals surface area (Å²) in [4.78, 5) is 26.7. The summed E-state index contributed by atoms with van der Waals surface area (Å²) in [6.45, 7) is 2.56. The molecule has 44 heavy (non-hydrogen) atoms. The van der Waals surface area contributed by atoms with E-state index in [1.807, 2.05) is 0 Å². The fourth-order valence-corrected chi connectivity index (χ4v) is 5.39. The van der Waals surface area contributed by atoms with Crippen LogP contribution in [-0.4, -0.2) is 43.6 Å². The molecule has 1 aliphatic carbocycles. The maximum Gasteiger partial charge on any atom is 0.313 e. The Morgan fingerprint density at radius 1 is 0.955 bits per heavy atom. The van der Waals surface area contributed by atoms with Crippen molar-refractivity contribution in [3.63, 3.8) is 0 Å². The third kappa shape index (κ3) is 7.82. The number of carbonyl (C=O) groups excluding carboxylic acids is 2. The second-order valence-electron chi connectivity index (χ2n) is 10.9. The van der Waals surface area contributed by atoms with Gasteiger partial charge in [-0.15, -0.1) is 0 Å². The highest BCUT2D eigenvalue weighted by atomic mass is 19.1. The minimum absolute atomic E-state index is 0.0743. The quantitative estimate of drug-likeness (QED) is 0.238. The van der Waals surface area contributed by atoms with Crippen LogP contribution < -0.4 is 30.6 Å². The van der Waals surface area contributed by atoms with Gasteiger partial charge in [-0.25, -0.2) is 4.39 Å². The van der Waals surface area contributed by atoms with Crippen molar-refractivity contribution in [2.24, 2.45) is 11.7 Å². The van der Waals surface area contributed by atoms with Gasteiger partial charge in [0.25, 0.3) is 0 Å². The van der Waals surface area contributed by atoms with E-state index in [1.165, 1.54) is 37.8 Å². The Bertz CT molecular complexity index is 1600. The number of primary amides is 1. The Labute approximate surface area is 255 Å². The van der Waals surface area contributed by atoms with Gasteiger partial charge in [-0.1, -0.05) is 24.3 Å². The molecule has 1 fully saturated rings. The summed E-state index contributed by atoms with van der Waals surface area (Å²) in [5.74, 6) is -1.08. The average molecular weight is 601 g/mol. The Morgan fingerprint density at radius 2 is 1.68 bits per heavy atom. The first-order valence-electron chi connectivity index (χ1n) is 14.9. The number of piperidine rings is 1. The van der Waals surface area contributed by atoms with Crippen LogP contribution in [-0.2, 0) is 22.4 Å². The number of nitrogens with zero attached hydrogens (tertiary/aromatic N) is 1. The number of anilines is 1. The first-order valence-corrected chi connectivity index (χ1v) is 14.9. The lowest BCUT2D eigenvalue weighted by atomic mass is 9.92. The first-order chi connectivity index (χ1) is 21.4. The lowest BCUT2D eigenvalue weighted by Crippen LogP contribution is -2.30. The monoisotopic (exact) mass is 600 g/mol. The van der Waals surface area contributed by atoms with E-state index in [0.717, 1.165) is 32.0 Å². The van der Waals surface area contributed by atoms with E-state index in [1.54, 1.807) is 42.6 Å². The number of nitrogens with one attached hydrogen (secondary N) is 2. The van der Waals surface area contributed by atoms with Crippen molar-refractivity contribution in [2.45, 2.75) is 38.5 Å². The summed E-state index contributed by atoms with van der Waals surface area (Å²) < 4.78 is 32.0. The fourth-order valence-electron chi connectivity index (χ4n) is 5.39. The molecule has 10 heteroatoms. The van der Waals surface area contributed by atoms with Crippen LogP contribution in [0.25, 0.3) is 10.9 Å². The number of hydrogen-bond donors (Lipinski definition) is 3. The number of hydrogen-bond acceptors (Lipinski definition) is 7. The summed E-state index contributed by atoms with van der Waals surface area (Å²) in [6.07, 6.45) is 9.05. The van der Waals surface area contributed by atoms with E-state index >= 15 is 0 Å². The zero-order chi connectivity index (χ0) is 30.9. The minimum atomic E-state index is -1.17. The molecule has 0 spiro atoms. The molecule has 1 aromatic heterocycles. The Hall–Kier alpha value is -4.70. The van der Waals surface area contributed by atoms with Crippen LogP contribution in [0.1, 0.15) is 36.8 Å². The number of carbonyl (C=O) groups is 2. The van der Waals surface area contributed by atoms with E-state index in [9.17, 15) is 14.0 Å². The zero-order valence-corrected chi connectivity index (χ0v) is 24.7. The largest absolute Gasteiger partial charge is 0.493 e. The number of aromatic nitrogens is 1. The Balaban J connectivity index is 0.000000322. The van der Waals surface area contributed by atoms with Gasteiger partial charge in [-0.05, 0) is 92.9 Å². The maximum absolute atomic E-state index is 14.6. The van der Waals surface area contributed by atoms with Crippen molar-refractivity contribution in [2.75, 3.05) is 32.1 Å². The van der Waals surface area contributed by atoms with E-state index < -0.39 is 17.6 Å². The second-order valence-corrected chi connectivity index (χ2v) is 10.9. The molecule has 2 heterocycles. The fraction of sp³-hybridized carbons (Fsp3) is 0.324. The Kier molecular flexibility index (Phi) is 10.2. The minimum Gasteiger partial charge on any atom is -0.493 e. The molecular weight excluding hydrogens is 563 g/mol. The number of ether oxygens (including phenoxy) is 3. The van der Waals surface area contributed by atoms with Crippen LogP contribution in [0.15, 0.2) is 66.9 Å². The first kappa shape index (κ1) is 30.7. The summed E-state index contributed by atoms with van der Waals surface area (Å²) in [6, 6.07) is 17.7. The van der Waals surface area contributed by atoms with Gasteiger partial charge >= 0.3 is 11.8 Å². The lowest BCUT2D eigenvalue weighted by molar-refractivity contribution is -0.134. The average Bonchev–Trinajstić information content (AvgIpc) is 3.05. The van der Waals surface area contributed by atoms with Crippen LogP contribution in [0.4, 0.5) is 10.1 Å². The van der Waals surface area contributed by atoms with E-state index in [2.05, 4.69) is 39.9 Å². The predicted octanol–water partition coefficient (Wildman–Crippen LogP) is 5.54. The molecule has 1 aliphatic heterocycles. The third-order valence-corrected chi connectivity index (χ3v) is 7.81. The molecule has 9 nitrogen and oxygen atoms in total. The number of rotatable bonds is 7. The van der Waals surface area contributed by atoms with Crippen molar-refractivity contribution in [1.29, 1.82) is 0 Å². The van der Waals surface area contributed by atoms with Gasteiger partial charge in [0, 0.05) is 29.4 Å². The molecule has 2 aliphatic rings. The van der Waals surface area contributed by atoms with Crippen LogP contribution in [0.2, 0.25) is 0 Å². The SMILES string of the molecule is COc1cc2c(Oc3ccc(NC(=O)C(N)=O)cc3F)ccnc2cc1OCC1CCNCC1.c1ccc2c(c1)CCCC2. The molecule has 230 valence electrons. The number of aryl methyl sites for hydroxylation is 2. The second kappa shape index (κ2) is 14.7. The molecule has 2 amide bonds. The molecule has 0 atom stereocenters. The normalized spacial score (nSPS) is 14.5. The molecule has 0 radical (unpaired) electrons. The van der Waals surface area contributed by atoms with Crippen molar-refractivity contribution in [3.8, 4) is 23.0 Å². The van der Waals surface area contributed by atoms with Crippen LogP contribution in [0, 0.1) is 11.7 Å². The summed E-state index contributed by atoms with van der Waals surface area (Å²) >= 11 is 0. The molecule has 6 rings (SSSR count). The summed E-state index contributed by atoms with van der Waals surface area (Å²) in [5, 5.41) is 6.15. The number of fused-ring (bicyclic) bond motifs is 2. The number of halogens is 1. The van der Waals surface area contributed by atoms with Crippen LogP contribution >= 0.6 is 0 Å². The van der Waals surface area contributed by atoms with Gasteiger partial charge in [0.15, 0.2) is 23.1 Å².